The molecule has 1 aliphatic carbocycles. The van der Waals surface area contributed by atoms with Crippen molar-refractivity contribution >= 4 is 10.0 Å². The molecule has 0 amide bonds. The Morgan fingerprint density at radius 1 is 1.47 bits per heavy atom. The summed E-state index contributed by atoms with van der Waals surface area (Å²) in [6.45, 7) is 4.44. The molecule has 1 aromatic heterocycles. The Morgan fingerprint density at radius 3 is 2.68 bits per heavy atom. The number of rotatable bonds is 7. The summed E-state index contributed by atoms with van der Waals surface area (Å²) in [4.78, 5) is 0.257. The highest BCUT2D eigenvalue weighted by Crippen LogP contribution is 2.37. The highest BCUT2D eigenvalue weighted by Gasteiger charge is 2.27. The molecular formula is C13H22N2O3S. The maximum atomic E-state index is 12.1. The fraction of sp³-hybridized carbons (Fsp3) is 0.692. The van der Waals surface area contributed by atoms with Crippen LogP contribution < -0.4 is 4.72 Å². The molecular weight excluding hydrogens is 264 g/mol. The summed E-state index contributed by atoms with van der Waals surface area (Å²) in [7, 11) is -3.46. The van der Waals surface area contributed by atoms with Gasteiger partial charge in [-0.3, -0.25) is 0 Å². The minimum absolute atomic E-state index is 0.127. The van der Waals surface area contributed by atoms with Gasteiger partial charge in [-0.25, -0.2) is 13.1 Å². The van der Waals surface area contributed by atoms with E-state index in [4.69, 9.17) is 0 Å². The van der Waals surface area contributed by atoms with E-state index in [0.29, 0.717) is 24.2 Å². The van der Waals surface area contributed by atoms with E-state index in [1.165, 1.54) is 0 Å². The van der Waals surface area contributed by atoms with Crippen LogP contribution in [0.5, 0.6) is 0 Å². The van der Waals surface area contributed by atoms with Gasteiger partial charge in [-0.2, -0.15) is 0 Å². The minimum Gasteiger partial charge on any atom is -0.390 e. The van der Waals surface area contributed by atoms with Gasteiger partial charge in [0.25, 0.3) is 0 Å². The Bertz CT molecular complexity index is 530. The van der Waals surface area contributed by atoms with Crippen LogP contribution >= 0.6 is 0 Å². The van der Waals surface area contributed by atoms with Gasteiger partial charge in [-0.15, -0.1) is 0 Å². The Balaban J connectivity index is 2.11. The number of nitrogens with zero attached hydrogens (tertiary/aromatic N) is 1. The predicted octanol–water partition coefficient (Wildman–Crippen LogP) is 1.64. The standard InChI is InChI=1S/C13H22N2O3S/c1-10(2)5-6-14-19(17,18)13-7-12(9-16)15(8-13)11-3-4-11/h7-8,10-11,14,16H,3-6,9H2,1-2H3. The summed E-state index contributed by atoms with van der Waals surface area (Å²) in [6.07, 6.45) is 4.57. The summed E-state index contributed by atoms with van der Waals surface area (Å²) in [5.74, 6) is 0.465. The molecule has 0 bridgehead atoms. The van der Waals surface area contributed by atoms with Crippen molar-refractivity contribution in [1.82, 2.24) is 9.29 Å². The zero-order valence-electron chi connectivity index (χ0n) is 11.5. The van der Waals surface area contributed by atoms with E-state index in [1.54, 1.807) is 12.3 Å². The van der Waals surface area contributed by atoms with Crippen LogP contribution in [-0.2, 0) is 16.6 Å². The minimum atomic E-state index is -3.46. The Morgan fingerprint density at radius 2 is 2.16 bits per heavy atom. The average Bonchev–Trinajstić information content (AvgIpc) is 3.07. The second kappa shape index (κ2) is 5.64. The van der Waals surface area contributed by atoms with Crippen LogP contribution in [0.4, 0.5) is 0 Å². The van der Waals surface area contributed by atoms with Crippen molar-refractivity contribution in [2.75, 3.05) is 6.54 Å². The topological polar surface area (TPSA) is 71.3 Å². The quantitative estimate of drug-likeness (QED) is 0.800. The smallest absolute Gasteiger partial charge is 0.242 e. The van der Waals surface area contributed by atoms with Crippen LogP contribution in [0.25, 0.3) is 0 Å². The number of hydrogen-bond acceptors (Lipinski definition) is 3. The number of aliphatic hydroxyl groups excluding tert-OH is 1. The number of hydrogen-bond donors (Lipinski definition) is 2. The molecule has 19 heavy (non-hydrogen) atoms. The van der Waals surface area contributed by atoms with Gasteiger partial charge in [0.2, 0.25) is 10.0 Å². The Hall–Kier alpha value is -0.850. The van der Waals surface area contributed by atoms with E-state index >= 15 is 0 Å². The molecule has 2 N–H and O–H groups in total. The van der Waals surface area contributed by atoms with Gasteiger partial charge < -0.3 is 9.67 Å². The van der Waals surface area contributed by atoms with Gasteiger partial charge in [0, 0.05) is 24.5 Å². The summed E-state index contributed by atoms with van der Waals surface area (Å²) >= 11 is 0. The summed E-state index contributed by atoms with van der Waals surface area (Å²) in [6, 6.07) is 1.93. The Kier molecular flexibility index (Phi) is 4.32. The molecule has 0 aliphatic heterocycles. The van der Waals surface area contributed by atoms with Crippen molar-refractivity contribution in [3.63, 3.8) is 0 Å². The molecule has 0 radical (unpaired) electrons. The third-order valence-corrected chi connectivity index (χ3v) is 4.76. The lowest BCUT2D eigenvalue weighted by Gasteiger charge is -2.06. The van der Waals surface area contributed by atoms with Gasteiger partial charge in [-0.05, 0) is 31.2 Å². The zero-order valence-corrected chi connectivity index (χ0v) is 12.3. The van der Waals surface area contributed by atoms with Crippen molar-refractivity contribution in [2.45, 2.75) is 50.7 Å². The van der Waals surface area contributed by atoms with Crippen LogP contribution in [0.15, 0.2) is 17.2 Å². The summed E-state index contributed by atoms with van der Waals surface area (Å²) in [5, 5.41) is 9.29. The van der Waals surface area contributed by atoms with Gasteiger partial charge in [0.15, 0.2) is 0 Å². The second-order valence-corrected chi connectivity index (χ2v) is 7.31. The van der Waals surface area contributed by atoms with Crippen molar-refractivity contribution in [3.8, 4) is 0 Å². The van der Waals surface area contributed by atoms with Crippen LogP contribution in [0.2, 0.25) is 0 Å². The van der Waals surface area contributed by atoms with Gasteiger partial charge in [0.05, 0.1) is 11.5 Å². The molecule has 2 rings (SSSR count). The summed E-state index contributed by atoms with van der Waals surface area (Å²) < 4.78 is 28.8. The molecule has 0 spiro atoms. The maximum Gasteiger partial charge on any atom is 0.242 e. The van der Waals surface area contributed by atoms with E-state index in [0.717, 1.165) is 19.3 Å². The normalized spacial score (nSPS) is 16.2. The first-order chi connectivity index (χ1) is 8.94. The SMILES string of the molecule is CC(C)CCNS(=O)(=O)c1cc(CO)n(C2CC2)c1. The van der Waals surface area contributed by atoms with Crippen LogP contribution in [0.3, 0.4) is 0 Å². The molecule has 108 valence electrons. The van der Waals surface area contributed by atoms with Gasteiger partial charge in [-0.1, -0.05) is 13.8 Å². The first-order valence-electron chi connectivity index (χ1n) is 6.75. The number of sulfonamides is 1. The molecule has 1 heterocycles. The lowest BCUT2D eigenvalue weighted by molar-refractivity contribution is 0.270. The number of nitrogens with one attached hydrogen (secondary N) is 1. The largest absolute Gasteiger partial charge is 0.390 e. The first-order valence-corrected chi connectivity index (χ1v) is 8.23. The molecule has 0 atom stereocenters. The molecule has 1 aromatic rings. The third kappa shape index (κ3) is 3.58. The van der Waals surface area contributed by atoms with Crippen LogP contribution in [-0.4, -0.2) is 24.6 Å². The fourth-order valence-electron chi connectivity index (χ4n) is 2.03. The molecule has 0 saturated heterocycles. The molecule has 5 nitrogen and oxygen atoms in total. The van der Waals surface area contributed by atoms with Gasteiger partial charge in [0.1, 0.15) is 0 Å². The van der Waals surface area contributed by atoms with Crippen LogP contribution in [0, 0.1) is 5.92 Å². The van der Waals surface area contributed by atoms with Crippen molar-refractivity contribution in [3.05, 3.63) is 18.0 Å². The molecule has 6 heteroatoms. The third-order valence-electron chi connectivity index (χ3n) is 3.33. The predicted molar refractivity (Wildman–Crippen MR) is 73.3 cm³/mol. The van der Waals surface area contributed by atoms with E-state index in [-0.39, 0.29) is 11.5 Å². The van der Waals surface area contributed by atoms with Crippen LogP contribution in [0.1, 0.15) is 44.8 Å². The van der Waals surface area contributed by atoms with E-state index in [2.05, 4.69) is 18.6 Å². The maximum absolute atomic E-state index is 12.1. The molecule has 0 aromatic carbocycles. The van der Waals surface area contributed by atoms with Crippen molar-refractivity contribution < 1.29 is 13.5 Å². The first kappa shape index (κ1) is 14.6. The Labute approximate surface area is 114 Å². The number of aliphatic hydroxyl groups is 1. The van der Waals surface area contributed by atoms with Gasteiger partial charge >= 0.3 is 0 Å². The van der Waals surface area contributed by atoms with Crippen molar-refractivity contribution in [2.24, 2.45) is 5.92 Å². The van der Waals surface area contributed by atoms with E-state index in [1.807, 2.05) is 4.57 Å². The highest BCUT2D eigenvalue weighted by atomic mass is 32.2. The van der Waals surface area contributed by atoms with E-state index in [9.17, 15) is 13.5 Å². The molecule has 1 saturated carbocycles. The van der Waals surface area contributed by atoms with Crippen molar-refractivity contribution in [1.29, 1.82) is 0 Å². The number of aromatic nitrogens is 1. The fourth-order valence-corrected chi connectivity index (χ4v) is 3.12. The molecule has 1 aliphatic rings. The highest BCUT2D eigenvalue weighted by molar-refractivity contribution is 7.89. The molecule has 0 unspecified atom stereocenters. The molecule has 1 fully saturated rings. The lowest BCUT2D eigenvalue weighted by atomic mass is 10.1. The zero-order chi connectivity index (χ0) is 14.0. The summed E-state index contributed by atoms with van der Waals surface area (Å²) in [5.41, 5.74) is 0.673. The van der Waals surface area contributed by atoms with E-state index < -0.39 is 10.0 Å². The second-order valence-electron chi connectivity index (χ2n) is 5.54. The lowest BCUT2D eigenvalue weighted by Crippen LogP contribution is -2.25. The average molecular weight is 286 g/mol. The monoisotopic (exact) mass is 286 g/mol.